The number of nitriles is 1. The Morgan fingerprint density at radius 1 is 1.58 bits per heavy atom. The number of halogens is 1. The third-order valence-electron chi connectivity index (χ3n) is 1.35. The zero-order valence-electron chi connectivity index (χ0n) is 5.78. The van der Waals surface area contributed by atoms with Crippen LogP contribution < -0.4 is 0 Å². The molecule has 2 aromatic heterocycles. The maximum absolute atomic E-state index is 8.59. The lowest BCUT2D eigenvalue weighted by Gasteiger charge is -1.85. The van der Waals surface area contributed by atoms with Gasteiger partial charge in [-0.1, -0.05) is 0 Å². The van der Waals surface area contributed by atoms with Crippen molar-refractivity contribution in [3.8, 4) is 6.07 Å². The maximum atomic E-state index is 8.59. The number of fused-ring (bicyclic) bond motifs is 1. The molecule has 0 aliphatic carbocycles. The molecular formula is C7H2BrN3S. The van der Waals surface area contributed by atoms with Crippen LogP contribution in [0.5, 0.6) is 0 Å². The summed E-state index contributed by atoms with van der Waals surface area (Å²) < 4.78 is 1.72. The lowest BCUT2D eigenvalue weighted by atomic mass is 10.3. The molecule has 0 saturated carbocycles. The fraction of sp³-hybridized carbons (Fsp3) is 0. The van der Waals surface area contributed by atoms with Gasteiger partial charge in [-0.05, 0) is 22.0 Å². The Labute approximate surface area is 80.8 Å². The summed E-state index contributed by atoms with van der Waals surface area (Å²) in [5, 5.41) is 8.59. The van der Waals surface area contributed by atoms with Crippen molar-refractivity contribution in [2.45, 2.75) is 0 Å². The third-order valence-corrected chi connectivity index (χ3v) is 2.79. The zero-order chi connectivity index (χ0) is 8.55. The number of nitrogens with zero attached hydrogens (tertiary/aromatic N) is 3. The molecule has 2 heterocycles. The molecule has 3 nitrogen and oxygen atoms in total. The minimum atomic E-state index is 0.568. The molecule has 0 aliphatic rings. The van der Waals surface area contributed by atoms with Gasteiger partial charge in [0.2, 0.25) is 0 Å². The molecule has 0 amide bonds. The highest BCUT2D eigenvalue weighted by Crippen LogP contribution is 2.24. The fourth-order valence-corrected chi connectivity index (χ4v) is 2.23. The molecule has 2 aromatic rings. The molecule has 0 unspecified atom stereocenters. The molecule has 0 atom stereocenters. The van der Waals surface area contributed by atoms with Gasteiger partial charge in [0.05, 0.1) is 10.3 Å². The largest absolute Gasteiger partial charge is 0.234 e. The van der Waals surface area contributed by atoms with E-state index in [0.29, 0.717) is 11.2 Å². The lowest BCUT2D eigenvalue weighted by molar-refractivity contribution is 1.30. The van der Waals surface area contributed by atoms with E-state index in [1.54, 1.807) is 6.07 Å². The average molecular weight is 240 g/mol. The van der Waals surface area contributed by atoms with E-state index in [1.165, 1.54) is 17.5 Å². The van der Waals surface area contributed by atoms with Gasteiger partial charge >= 0.3 is 0 Å². The van der Waals surface area contributed by atoms with Crippen LogP contribution in [0.2, 0.25) is 0 Å². The highest BCUT2D eigenvalue weighted by Gasteiger charge is 2.02. The van der Waals surface area contributed by atoms with Crippen molar-refractivity contribution in [3.63, 3.8) is 0 Å². The molecule has 0 radical (unpaired) electrons. The van der Waals surface area contributed by atoms with Gasteiger partial charge < -0.3 is 0 Å². The summed E-state index contributed by atoms with van der Waals surface area (Å²) in [5.41, 5.74) is 1.25. The van der Waals surface area contributed by atoms with Crippen LogP contribution in [0.25, 0.3) is 10.3 Å². The summed E-state index contributed by atoms with van der Waals surface area (Å²) in [5.74, 6) is 0. The van der Waals surface area contributed by atoms with Crippen molar-refractivity contribution < 1.29 is 0 Å². The standard InChI is InChI=1S/C7H2BrN3S/c8-7-11-6-5(12-7)1-4(2-9)3-10-6/h1,3H. The molecular weight excluding hydrogens is 238 g/mol. The summed E-state index contributed by atoms with van der Waals surface area (Å²) in [6.07, 6.45) is 1.52. The predicted octanol–water partition coefficient (Wildman–Crippen LogP) is 2.33. The number of rotatable bonds is 0. The molecule has 0 saturated heterocycles. The summed E-state index contributed by atoms with van der Waals surface area (Å²) in [6.45, 7) is 0. The molecule has 0 fully saturated rings. The van der Waals surface area contributed by atoms with E-state index in [2.05, 4.69) is 25.9 Å². The zero-order valence-corrected chi connectivity index (χ0v) is 8.19. The maximum Gasteiger partial charge on any atom is 0.171 e. The molecule has 2 rings (SSSR count). The fourth-order valence-electron chi connectivity index (χ4n) is 0.854. The molecule has 12 heavy (non-hydrogen) atoms. The van der Waals surface area contributed by atoms with Crippen LogP contribution in [0.15, 0.2) is 16.2 Å². The second-order valence-corrected chi connectivity index (χ2v) is 4.43. The van der Waals surface area contributed by atoms with E-state index in [4.69, 9.17) is 5.26 Å². The normalized spacial score (nSPS) is 10.0. The van der Waals surface area contributed by atoms with Crippen molar-refractivity contribution in [1.29, 1.82) is 5.26 Å². The van der Waals surface area contributed by atoms with Gasteiger partial charge in [-0.3, -0.25) is 0 Å². The van der Waals surface area contributed by atoms with Gasteiger partial charge in [0, 0.05) is 6.20 Å². The Bertz CT molecular complexity index is 471. The van der Waals surface area contributed by atoms with E-state index in [1.807, 2.05) is 6.07 Å². The first-order chi connectivity index (χ1) is 5.79. The topological polar surface area (TPSA) is 49.6 Å². The number of thiazole rings is 1. The summed E-state index contributed by atoms with van der Waals surface area (Å²) in [6, 6.07) is 3.81. The quantitative estimate of drug-likeness (QED) is 0.709. The van der Waals surface area contributed by atoms with Crippen molar-refractivity contribution >= 4 is 37.6 Å². The van der Waals surface area contributed by atoms with Crippen molar-refractivity contribution in [2.24, 2.45) is 0 Å². The van der Waals surface area contributed by atoms with Crippen LogP contribution in [0.3, 0.4) is 0 Å². The van der Waals surface area contributed by atoms with Gasteiger partial charge in [-0.15, -0.1) is 11.3 Å². The Morgan fingerprint density at radius 3 is 3.17 bits per heavy atom. The summed E-state index contributed by atoms with van der Waals surface area (Å²) >= 11 is 4.73. The second-order valence-electron chi connectivity index (χ2n) is 2.12. The van der Waals surface area contributed by atoms with Crippen LogP contribution in [-0.2, 0) is 0 Å². The third kappa shape index (κ3) is 1.19. The average Bonchev–Trinajstić information content (AvgIpc) is 2.43. The van der Waals surface area contributed by atoms with Gasteiger partial charge in [0.25, 0.3) is 0 Å². The van der Waals surface area contributed by atoms with E-state index in [0.717, 1.165) is 8.62 Å². The van der Waals surface area contributed by atoms with Gasteiger partial charge in [-0.2, -0.15) is 5.26 Å². The minimum Gasteiger partial charge on any atom is -0.234 e. The van der Waals surface area contributed by atoms with Crippen LogP contribution in [-0.4, -0.2) is 9.97 Å². The van der Waals surface area contributed by atoms with E-state index < -0.39 is 0 Å². The van der Waals surface area contributed by atoms with E-state index in [-0.39, 0.29) is 0 Å². The molecule has 0 spiro atoms. The van der Waals surface area contributed by atoms with Crippen molar-refractivity contribution in [3.05, 3.63) is 21.7 Å². The Balaban J connectivity index is 2.77. The number of aromatic nitrogens is 2. The van der Waals surface area contributed by atoms with Gasteiger partial charge in [0.15, 0.2) is 9.56 Å². The Morgan fingerprint density at radius 2 is 2.42 bits per heavy atom. The highest BCUT2D eigenvalue weighted by molar-refractivity contribution is 9.11. The molecule has 0 bridgehead atoms. The van der Waals surface area contributed by atoms with Gasteiger partial charge in [0.1, 0.15) is 6.07 Å². The Hall–Kier alpha value is -0.990. The first-order valence-electron chi connectivity index (χ1n) is 3.12. The van der Waals surface area contributed by atoms with Crippen LogP contribution in [0.1, 0.15) is 5.56 Å². The smallest absolute Gasteiger partial charge is 0.171 e. The minimum absolute atomic E-state index is 0.568. The summed E-state index contributed by atoms with van der Waals surface area (Å²) in [4.78, 5) is 8.12. The van der Waals surface area contributed by atoms with E-state index in [9.17, 15) is 0 Å². The van der Waals surface area contributed by atoms with Gasteiger partial charge in [-0.25, -0.2) is 9.97 Å². The van der Waals surface area contributed by atoms with E-state index >= 15 is 0 Å². The second kappa shape index (κ2) is 2.81. The van der Waals surface area contributed by atoms with Crippen LogP contribution >= 0.6 is 27.3 Å². The predicted molar refractivity (Wildman–Crippen MR) is 49.8 cm³/mol. The first-order valence-corrected chi connectivity index (χ1v) is 4.73. The number of hydrogen-bond donors (Lipinski definition) is 0. The SMILES string of the molecule is N#Cc1cnc2nc(Br)sc2c1. The monoisotopic (exact) mass is 239 g/mol. The highest BCUT2D eigenvalue weighted by atomic mass is 79.9. The van der Waals surface area contributed by atoms with Crippen molar-refractivity contribution in [2.75, 3.05) is 0 Å². The molecule has 0 aromatic carbocycles. The lowest BCUT2D eigenvalue weighted by Crippen LogP contribution is -1.78. The van der Waals surface area contributed by atoms with Crippen molar-refractivity contribution in [1.82, 2.24) is 9.97 Å². The molecule has 5 heteroatoms. The number of hydrogen-bond acceptors (Lipinski definition) is 4. The first kappa shape index (κ1) is 7.65. The molecule has 0 N–H and O–H groups in total. The Kier molecular flexibility index (Phi) is 1.79. The van der Waals surface area contributed by atoms with Crippen LogP contribution in [0, 0.1) is 11.3 Å². The molecule has 58 valence electrons. The van der Waals surface area contributed by atoms with Crippen LogP contribution in [0.4, 0.5) is 0 Å². The number of pyridine rings is 1. The molecule has 0 aliphatic heterocycles. The summed E-state index contributed by atoms with van der Waals surface area (Å²) in [7, 11) is 0.